The van der Waals surface area contributed by atoms with E-state index in [1.807, 2.05) is 0 Å². The average Bonchev–Trinajstić information content (AvgIpc) is 1.13. The van der Waals surface area contributed by atoms with Gasteiger partial charge in [0.1, 0.15) is 47.3 Å². The van der Waals surface area contributed by atoms with Crippen LogP contribution in [-0.4, -0.2) is 156 Å². The standard InChI is InChI=1S/C24H23F5O6S2.C23H23F5O7S2.C23H21F5O6S2/c25-18-7-8-19(26)22-21(18)23(37(32,33)16-3-1-14(2-4-16)24(27,28)29)10-11-34-20(17(23)13-35-22)9-12-36(30,31)15-5-6-15;1-36(29,30)11-8-19-16-12-34-21-18(25)7-6-17(24)20(21)22(16,9-10-33-19)37(31,32)15-4-2-14(3-5-15)35-13-23(26,27)28;1-35(29,30)18-10-14(18)20-15-11-34-21-17(25)7-6-16(24)19(21)22(15,8-9-33-20)36(31,32)13-4-2-12(3-5-13)23(26,27)28/h1-4,7-8,15,17,20H,5-6,9-13H2;2-7,16,19H,8-13H2,1H3;2-7,14-15,18,20H,8-11H2,1H3/t17-,20-,23-;16-,19-,22-;14?,15-,18?,20-,22-/m000/s1. The second-order valence-corrected chi connectivity index (χ2v) is 41.5. The highest BCUT2D eigenvalue weighted by molar-refractivity contribution is 7.93. The Labute approximate surface area is 621 Å². The van der Waals surface area contributed by atoms with E-state index >= 15 is 13.2 Å². The lowest BCUT2D eigenvalue weighted by Crippen LogP contribution is -2.58. The van der Waals surface area contributed by atoms with Gasteiger partial charge in [-0.05, 0) is 161 Å². The van der Waals surface area contributed by atoms with Gasteiger partial charge in [0, 0.05) is 56.0 Å². The Morgan fingerprint density at radius 1 is 0.436 bits per heavy atom. The Hall–Kier alpha value is -6.95. The molecular weight excluding hydrogens is 1620 g/mol. The van der Waals surface area contributed by atoms with E-state index in [4.69, 9.17) is 28.4 Å². The van der Waals surface area contributed by atoms with Gasteiger partial charge in [0.15, 0.2) is 90.5 Å². The van der Waals surface area contributed by atoms with Crippen molar-refractivity contribution in [2.75, 3.05) is 70.3 Å². The molecule has 11 atom stereocenters. The summed E-state index contributed by atoms with van der Waals surface area (Å²) in [6.45, 7) is -3.45. The Balaban J connectivity index is 0.000000154. The molecule has 2 unspecified atom stereocenters. The summed E-state index contributed by atoms with van der Waals surface area (Å²) >= 11 is 0. The van der Waals surface area contributed by atoms with E-state index in [0.717, 1.165) is 97.4 Å². The Morgan fingerprint density at radius 3 is 1.13 bits per heavy atom. The predicted octanol–water partition coefficient (Wildman–Crippen LogP) is 12.1. The third-order valence-corrected chi connectivity index (χ3v) is 34.0. The molecule has 40 heteroatoms. The summed E-state index contributed by atoms with van der Waals surface area (Å²) in [6, 6.07) is 14.4. The molecule has 6 aromatic carbocycles. The van der Waals surface area contributed by atoms with Gasteiger partial charge in [-0.25, -0.2) is 76.8 Å². The van der Waals surface area contributed by atoms with Crippen LogP contribution >= 0.6 is 0 Å². The second-order valence-electron chi connectivity index (χ2n) is 28.0. The smallest absolute Gasteiger partial charge is 0.422 e. The van der Waals surface area contributed by atoms with Crippen LogP contribution in [0.4, 0.5) is 65.9 Å². The van der Waals surface area contributed by atoms with Crippen LogP contribution < -0.4 is 18.9 Å². The fraction of sp³-hybridized carbons (Fsp3) is 0.486. The van der Waals surface area contributed by atoms with Crippen molar-refractivity contribution in [3.8, 4) is 23.0 Å². The molecule has 3 saturated heterocycles. The summed E-state index contributed by atoms with van der Waals surface area (Å²) in [5.41, 5.74) is -3.77. The quantitative estimate of drug-likeness (QED) is 0.0768. The minimum Gasteiger partial charge on any atom is -0.490 e. The lowest BCUT2D eigenvalue weighted by atomic mass is 9.74. The van der Waals surface area contributed by atoms with Gasteiger partial charge in [-0.3, -0.25) is 0 Å². The zero-order chi connectivity index (χ0) is 80.3. The maximum Gasteiger partial charge on any atom is 0.422 e. The molecule has 0 bridgehead atoms. The van der Waals surface area contributed by atoms with Crippen molar-refractivity contribution in [1.82, 2.24) is 0 Å². The summed E-state index contributed by atoms with van der Waals surface area (Å²) in [5, 5.41) is -1.24. The first kappa shape index (κ1) is 82.5. The maximum absolute atomic E-state index is 15.4. The number of fused-ring (bicyclic) bond motifs is 9. The third kappa shape index (κ3) is 15.2. The highest BCUT2D eigenvalue weighted by Crippen LogP contribution is 2.61. The van der Waals surface area contributed by atoms with Crippen LogP contribution in [0.1, 0.15) is 79.2 Å². The number of sulfone groups is 6. The molecule has 602 valence electrons. The number of hydrogen-bond acceptors (Lipinski definition) is 19. The molecule has 2 saturated carbocycles. The molecular formula is C70H67F15O19S6. The van der Waals surface area contributed by atoms with Crippen molar-refractivity contribution in [1.29, 1.82) is 0 Å². The first-order chi connectivity index (χ1) is 51.1. The molecule has 19 nitrogen and oxygen atoms in total. The van der Waals surface area contributed by atoms with Crippen molar-refractivity contribution >= 4 is 59.0 Å². The molecule has 8 aliphatic rings. The van der Waals surface area contributed by atoms with Gasteiger partial charge in [-0.1, -0.05) is 0 Å². The summed E-state index contributed by atoms with van der Waals surface area (Å²) in [7, 11) is -24.3. The first-order valence-corrected chi connectivity index (χ1v) is 44.0. The van der Waals surface area contributed by atoms with Crippen LogP contribution in [0.25, 0.3) is 0 Å². The minimum atomic E-state index is -4.71. The fourth-order valence-corrected chi connectivity index (χ4v) is 26.8. The van der Waals surface area contributed by atoms with Crippen molar-refractivity contribution < 1.29 is 150 Å². The number of hydrogen-bond donors (Lipinski definition) is 0. The van der Waals surface area contributed by atoms with Crippen molar-refractivity contribution in [2.45, 2.75) is 128 Å². The highest BCUT2D eigenvalue weighted by Gasteiger charge is 2.67. The fourth-order valence-electron chi connectivity index (χ4n) is 16.0. The van der Waals surface area contributed by atoms with E-state index in [1.54, 1.807) is 0 Å². The van der Waals surface area contributed by atoms with Crippen LogP contribution in [-0.2, 0) is 99.8 Å². The molecule has 0 aromatic heterocycles. The monoisotopic (exact) mass is 1690 g/mol. The lowest BCUT2D eigenvalue weighted by Gasteiger charge is -2.50. The van der Waals surface area contributed by atoms with Gasteiger partial charge in [0.05, 0.1) is 103 Å². The van der Waals surface area contributed by atoms with E-state index in [0.29, 0.717) is 37.1 Å². The van der Waals surface area contributed by atoms with Crippen LogP contribution in [0.3, 0.4) is 0 Å². The number of halogens is 15. The first-order valence-electron chi connectivity index (χ1n) is 33.8. The molecule has 0 N–H and O–H groups in total. The highest BCUT2D eigenvalue weighted by atomic mass is 32.2. The second kappa shape index (κ2) is 29.5. The SMILES string of the molecule is CS(=O)(=O)C1CC1[C@@H]1OCC[C@@]2(S(=O)(=O)c3ccc(C(F)(F)F)cc3)c3c(F)ccc(F)c3OC[C@@H]12.CS(=O)(=O)CC[C@@H]1OCC[C@@]2(S(=O)(=O)c3ccc(OCC(F)(F)F)cc3)c3c(F)ccc(F)c3OC[C@@H]12.O=S(=O)(CC[C@@H]1OCC[C@@]2(S(=O)(=O)c3ccc(C(F)(F)F)cc3)c3c(F)ccc(F)c3OC[C@@H]12)C1CC1. The third-order valence-electron chi connectivity index (χ3n) is 21.4. The maximum atomic E-state index is 15.4. The van der Waals surface area contributed by atoms with Crippen molar-refractivity contribution in [3.05, 3.63) is 172 Å². The number of rotatable bonds is 17. The molecule has 110 heavy (non-hydrogen) atoms. The zero-order valence-electron chi connectivity index (χ0n) is 57.5. The predicted molar refractivity (Wildman–Crippen MR) is 359 cm³/mol. The van der Waals surface area contributed by atoms with Gasteiger partial charge in [0.2, 0.25) is 0 Å². The number of ether oxygens (including phenoxy) is 7. The molecule has 6 aromatic rings. The van der Waals surface area contributed by atoms with E-state index in [-0.39, 0.29) is 80.5 Å². The number of benzene rings is 6. The van der Waals surface area contributed by atoms with Crippen LogP contribution in [0.15, 0.2) is 124 Å². The van der Waals surface area contributed by atoms with Gasteiger partial charge in [0.25, 0.3) is 0 Å². The van der Waals surface area contributed by atoms with Crippen LogP contribution in [0.2, 0.25) is 0 Å². The van der Waals surface area contributed by atoms with E-state index in [1.165, 1.54) is 0 Å². The molecule has 6 aliphatic heterocycles. The van der Waals surface area contributed by atoms with Gasteiger partial charge in [-0.15, -0.1) is 0 Å². The van der Waals surface area contributed by atoms with Crippen LogP contribution in [0.5, 0.6) is 23.0 Å². The average molecular weight is 1690 g/mol. The minimum absolute atomic E-state index is 0.0938. The van der Waals surface area contributed by atoms with E-state index in [2.05, 4.69) is 4.74 Å². The van der Waals surface area contributed by atoms with Gasteiger partial charge >= 0.3 is 18.5 Å². The molecule has 5 fully saturated rings. The van der Waals surface area contributed by atoms with E-state index in [9.17, 15) is 103 Å². The molecule has 0 radical (unpaired) electrons. The summed E-state index contributed by atoms with van der Waals surface area (Å²) in [6.07, 6.45) is -14.8. The summed E-state index contributed by atoms with van der Waals surface area (Å²) in [5.74, 6) is -12.7. The largest absolute Gasteiger partial charge is 0.490 e. The molecule has 2 aliphatic carbocycles. The van der Waals surface area contributed by atoms with Gasteiger partial charge < -0.3 is 33.2 Å². The molecule has 6 heterocycles. The normalized spacial score (nSPS) is 26.8. The van der Waals surface area contributed by atoms with Crippen molar-refractivity contribution in [3.63, 3.8) is 0 Å². The van der Waals surface area contributed by atoms with Gasteiger partial charge in [-0.2, -0.15) is 39.5 Å². The molecule has 0 spiro atoms. The number of alkyl halides is 9. The summed E-state index contributed by atoms with van der Waals surface area (Å²) in [4.78, 5) is -1.38. The Kier molecular flexibility index (Phi) is 22.1. The Morgan fingerprint density at radius 2 is 0.782 bits per heavy atom. The summed E-state index contributed by atoms with van der Waals surface area (Å²) < 4.78 is 396. The van der Waals surface area contributed by atoms with E-state index < -0.39 is 260 Å². The zero-order valence-corrected chi connectivity index (χ0v) is 62.4. The lowest BCUT2D eigenvalue weighted by molar-refractivity contribution is -0.153. The molecule has 14 rings (SSSR count). The van der Waals surface area contributed by atoms with Crippen LogP contribution in [0, 0.1) is 58.6 Å². The van der Waals surface area contributed by atoms with Crippen molar-refractivity contribution in [2.24, 2.45) is 23.7 Å². The molecule has 0 amide bonds. The Bertz CT molecular complexity index is 5250. The topological polar surface area (TPSA) is 269 Å².